The van der Waals surface area contributed by atoms with Crippen LogP contribution in [0.2, 0.25) is 0 Å². The minimum atomic E-state index is -0.850. The average molecular weight is 503 g/mol. The Labute approximate surface area is 216 Å². The van der Waals surface area contributed by atoms with Crippen LogP contribution in [0.4, 0.5) is 0 Å². The van der Waals surface area contributed by atoms with Crippen molar-refractivity contribution >= 4 is 17.4 Å². The first kappa shape index (κ1) is 25.8. The van der Waals surface area contributed by atoms with E-state index in [1.54, 1.807) is 60.9 Å². The third-order valence-corrected chi connectivity index (χ3v) is 6.05. The lowest BCUT2D eigenvalue weighted by Gasteiger charge is -2.26. The Balaban J connectivity index is 1.80. The molecule has 4 rings (SSSR count). The number of rotatable bonds is 9. The molecule has 0 aliphatic carbocycles. The van der Waals surface area contributed by atoms with Crippen LogP contribution in [0.1, 0.15) is 36.6 Å². The van der Waals surface area contributed by atoms with Crippen LogP contribution >= 0.6 is 0 Å². The smallest absolute Gasteiger partial charge is 0.295 e. The summed E-state index contributed by atoms with van der Waals surface area (Å²) in [5.41, 5.74) is 1.75. The monoisotopic (exact) mass is 502 g/mol. The van der Waals surface area contributed by atoms with Crippen LogP contribution < -0.4 is 14.2 Å². The number of aliphatic hydroxyl groups excluding tert-OH is 1. The summed E-state index contributed by atoms with van der Waals surface area (Å²) >= 11 is 0. The first-order valence-corrected chi connectivity index (χ1v) is 12.0. The fraction of sp³-hybridized carbons (Fsp3) is 0.276. The Bertz CT molecular complexity index is 1300. The molecule has 0 spiro atoms. The second-order valence-corrected chi connectivity index (χ2v) is 9.13. The molecular weight excluding hydrogens is 472 g/mol. The number of aromatic nitrogens is 1. The standard InChI is InChI=1S/C29H30N2O6/c1-18(2)17-37-22-10-7-20(8-11-22)27(32)25-26(21-9-12-23(35-3)24(14-21)36-4)31(29(34)28(25)33)16-19-6-5-13-30-15-19/h5-15,18,26,32H,16-17H2,1-4H3/t26-/m0/s1. The lowest BCUT2D eigenvalue weighted by Crippen LogP contribution is -2.29. The van der Waals surface area contributed by atoms with Crippen LogP contribution in [-0.4, -0.2) is 47.5 Å². The molecule has 1 aromatic heterocycles. The molecule has 1 saturated heterocycles. The van der Waals surface area contributed by atoms with Gasteiger partial charge in [0.25, 0.3) is 11.7 Å². The molecule has 0 radical (unpaired) electrons. The summed E-state index contributed by atoms with van der Waals surface area (Å²) in [6.07, 6.45) is 3.28. The van der Waals surface area contributed by atoms with Gasteiger partial charge in [0.15, 0.2) is 11.5 Å². The summed E-state index contributed by atoms with van der Waals surface area (Å²) in [7, 11) is 3.04. The van der Waals surface area contributed by atoms with Crippen molar-refractivity contribution in [3.05, 3.63) is 89.3 Å². The molecule has 1 aliphatic rings. The molecule has 2 heterocycles. The van der Waals surface area contributed by atoms with Crippen molar-refractivity contribution in [3.63, 3.8) is 0 Å². The Morgan fingerprint density at radius 2 is 1.76 bits per heavy atom. The SMILES string of the molecule is COc1ccc([C@H]2C(=C(O)c3ccc(OCC(C)C)cc3)C(=O)C(=O)N2Cc2cccnc2)cc1OC. The second kappa shape index (κ2) is 11.2. The summed E-state index contributed by atoms with van der Waals surface area (Å²) in [5.74, 6) is 0.237. The number of pyridine rings is 1. The van der Waals surface area contributed by atoms with Gasteiger partial charge in [-0.05, 0) is 59.5 Å². The molecule has 0 unspecified atom stereocenters. The minimum absolute atomic E-state index is 0.00282. The van der Waals surface area contributed by atoms with Crippen molar-refractivity contribution in [1.82, 2.24) is 9.88 Å². The lowest BCUT2D eigenvalue weighted by molar-refractivity contribution is -0.140. The maximum atomic E-state index is 13.3. The number of aliphatic hydroxyl groups is 1. The van der Waals surface area contributed by atoms with E-state index >= 15 is 0 Å². The number of amides is 1. The molecule has 1 aliphatic heterocycles. The van der Waals surface area contributed by atoms with Crippen molar-refractivity contribution in [2.45, 2.75) is 26.4 Å². The normalized spacial score (nSPS) is 16.8. The molecule has 192 valence electrons. The zero-order chi connectivity index (χ0) is 26.5. The van der Waals surface area contributed by atoms with Crippen LogP contribution in [0.25, 0.3) is 5.76 Å². The maximum absolute atomic E-state index is 13.3. The molecule has 8 heteroatoms. The third-order valence-electron chi connectivity index (χ3n) is 6.05. The summed E-state index contributed by atoms with van der Waals surface area (Å²) < 4.78 is 16.5. The highest BCUT2D eigenvalue weighted by molar-refractivity contribution is 6.46. The first-order chi connectivity index (χ1) is 17.8. The zero-order valence-electron chi connectivity index (χ0n) is 21.3. The van der Waals surface area contributed by atoms with E-state index in [4.69, 9.17) is 14.2 Å². The zero-order valence-corrected chi connectivity index (χ0v) is 21.3. The van der Waals surface area contributed by atoms with Gasteiger partial charge in [0.1, 0.15) is 11.5 Å². The van der Waals surface area contributed by atoms with Crippen LogP contribution in [-0.2, 0) is 16.1 Å². The molecule has 37 heavy (non-hydrogen) atoms. The van der Waals surface area contributed by atoms with Gasteiger partial charge in [-0.2, -0.15) is 0 Å². The van der Waals surface area contributed by atoms with Crippen molar-refractivity contribution in [2.24, 2.45) is 5.92 Å². The molecule has 1 N–H and O–H groups in total. The van der Waals surface area contributed by atoms with Crippen LogP contribution in [0, 0.1) is 5.92 Å². The van der Waals surface area contributed by atoms with Gasteiger partial charge >= 0.3 is 0 Å². The van der Waals surface area contributed by atoms with Gasteiger partial charge in [-0.1, -0.05) is 26.0 Å². The van der Waals surface area contributed by atoms with Crippen molar-refractivity contribution in [2.75, 3.05) is 20.8 Å². The van der Waals surface area contributed by atoms with Crippen LogP contribution in [0.3, 0.4) is 0 Å². The summed E-state index contributed by atoms with van der Waals surface area (Å²) in [6.45, 7) is 4.80. The molecule has 1 fully saturated rings. The molecule has 0 saturated carbocycles. The van der Waals surface area contributed by atoms with Gasteiger partial charge < -0.3 is 24.2 Å². The van der Waals surface area contributed by atoms with Gasteiger partial charge in [0.05, 0.1) is 32.4 Å². The topological polar surface area (TPSA) is 98.2 Å². The minimum Gasteiger partial charge on any atom is -0.507 e. The average Bonchev–Trinajstić information content (AvgIpc) is 3.16. The van der Waals surface area contributed by atoms with Gasteiger partial charge in [-0.15, -0.1) is 0 Å². The number of carbonyl (C=O) groups is 2. The van der Waals surface area contributed by atoms with Gasteiger partial charge in [-0.25, -0.2) is 0 Å². The number of nitrogens with zero attached hydrogens (tertiary/aromatic N) is 2. The number of ketones is 1. The number of likely N-dealkylation sites (tertiary alicyclic amines) is 1. The summed E-state index contributed by atoms with van der Waals surface area (Å²) in [6, 6.07) is 14.7. The van der Waals surface area contributed by atoms with Gasteiger partial charge in [-0.3, -0.25) is 14.6 Å². The molecule has 2 aromatic carbocycles. The summed E-state index contributed by atoms with van der Waals surface area (Å²) in [5, 5.41) is 11.3. The number of methoxy groups -OCH3 is 2. The predicted molar refractivity (Wildman–Crippen MR) is 138 cm³/mol. The number of ether oxygens (including phenoxy) is 3. The highest BCUT2D eigenvalue weighted by Crippen LogP contribution is 2.42. The van der Waals surface area contributed by atoms with Gasteiger partial charge in [0, 0.05) is 24.5 Å². The Kier molecular flexibility index (Phi) is 7.77. The molecule has 1 amide bonds. The quantitative estimate of drug-likeness (QED) is 0.256. The Morgan fingerprint density at radius 3 is 2.38 bits per heavy atom. The van der Waals surface area contributed by atoms with Crippen LogP contribution in [0.15, 0.2) is 72.6 Å². The number of hydrogen-bond acceptors (Lipinski definition) is 7. The van der Waals surface area contributed by atoms with Crippen molar-refractivity contribution in [3.8, 4) is 17.2 Å². The highest BCUT2D eigenvalue weighted by Gasteiger charge is 2.46. The molecule has 8 nitrogen and oxygen atoms in total. The molecule has 1 atom stereocenters. The highest BCUT2D eigenvalue weighted by atomic mass is 16.5. The fourth-order valence-electron chi connectivity index (χ4n) is 4.23. The van der Waals surface area contributed by atoms with E-state index in [1.165, 1.54) is 19.1 Å². The fourth-order valence-corrected chi connectivity index (χ4v) is 4.23. The summed E-state index contributed by atoms with van der Waals surface area (Å²) in [4.78, 5) is 32.1. The third kappa shape index (κ3) is 5.43. The maximum Gasteiger partial charge on any atom is 0.295 e. The van der Waals surface area contributed by atoms with E-state index in [9.17, 15) is 14.7 Å². The largest absolute Gasteiger partial charge is 0.507 e. The number of Topliss-reactive ketones (excluding diaryl/α,β-unsaturated/α-hetero) is 1. The first-order valence-electron chi connectivity index (χ1n) is 12.0. The predicted octanol–water partition coefficient (Wildman–Crippen LogP) is 4.76. The second-order valence-electron chi connectivity index (χ2n) is 9.13. The number of hydrogen-bond donors (Lipinski definition) is 1. The lowest BCUT2D eigenvalue weighted by atomic mass is 9.94. The number of carbonyl (C=O) groups excluding carboxylic acids is 2. The van der Waals surface area contributed by atoms with E-state index < -0.39 is 17.7 Å². The van der Waals surface area contributed by atoms with E-state index in [-0.39, 0.29) is 17.9 Å². The Morgan fingerprint density at radius 1 is 1.03 bits per heavy atom. The van der Waals surface area contributed by atoms with E-state index in [2.05, 4.69) is 18.8 Å². The van der Waals surface area contributed by atoms with Crippen molar-refractivity contribution < 1.29 is 28.9 Å². The molecular formula is C29H30N2O6. The van der Waals surface area contributed by atoms with Gasteiger partial charge in [0.2, 0.25) is 0 Å². The van der Waals surface area contributed by atoms with E-state index in [1.807, 2.05) is 6.07 Å². The van der Waals surface area contributed by atoms with Crippen LogP contribution in [0.5, 0.6) is 17.2 Å². The molecule has 3 aromatic rings. The van der Waals surface area contributed by atoms with E-state index in [0.717, 1.165) is 5.56 Å². The molecule has 0 bridgehead atoms. The van der Waals surface area contributed by atoms with E-state index in [0.29, 0.717) is 40.9 Å². The Hall–Kier alpha value is -4.33. The number of benzene rings is 2. The van der Waals surface area contributed by atoms with Crippen molar-refractivity contribution in [1.29, 1.82) is 0 Å².